The first kappa shape index (κ1) is 23.1. The number of hydrogen-bond donors (Lipinski definition) is 2. The molecule has 0 bridgehead atoms. The van der Waals surface area contributed by atoms with Crippen molar-refractivity contribution >= 4 is 27.8 Å². The minimum Gasteiger partial charge on any atom is -0.476 e. The zero-order valence-electron chi connectivity index (χ0n) is 17.4. The predicted molar refractivity (Wildman–Crippen MR) is 122 cm³/mol. The van der Waals surface area contributed by atoms with Crippen LogP contribution in [0.5, 0.6) is 0 Å². The van der Waals surface area contributed by atoms with E-state index in [9.17, 15) is 18.3 Å². The second kappa shape index (κ2) is 9.67. The minimum absolute atomic E-state index is 0.0667. The Kier molecular flexibility index (Phi) is 7.19. The summed E-state index contributed by atoms with van der Waals surface area (Å²) in [6.07, 6.45) is 4.44. The van der Waals surface area contributed by atoms with Crippen molar-refractivity contribution in [3.8, 4) is 11.1 Å². The van der Waals surface area contributed by atoms with Gasteiger partial charge in [0, 0.05) is 18.5 Å². The van der Waals surface area contributed by atoms with Gasteiger partial charge in [-0.15, -0.1) is 11.8 Å². The number of carboxylic acid groups (broad SMARTS) is 1. The van der Waals surface area contributed by atoms with Crippen LogP contribution in [0.25, 0.3) is 11.1 Å². The molecule has 0 saturated carbocycles. The number of aromatic carboxylic acids is 1. The lowest BCUT2D eigenvalue weighted by molar-refractivity contribution is 0.0681. The van der Waals surface area contributed by atoms with E-state index in [1.54, 1.807) is 22.8 Å². The molecule has 1 heterocycles. The van der Waals surface area contributed by atoms with Gasteiger partial charge in [0.2, 0.25) is 10.0 Å². The van der Waals surface area contributed by atoms with Crippen molar-refractivity contribution in [3.05, 3.63) is 65.6 Å². The third-order valence-corrected chi connectivity index (χ3v) is 6.60. The van der Waals surface area contributed by atoms with E-state index in [-0.39, 0.29) is 10.6 Å². The summed E-state index contributed by atoms with van der Waals surface area (Å²) in [5.41, 5.74) is 2.33. The fraction of sp³-hybridized carbons (Fsp3) is 0.273. The van der Waals surface area contributed by atoms with Crippen molar-refractivity contribution in [2.24, 2.45) is 5.14 Å². The topological polar surface area (TPSA) is 115 Å². The normalized spacial score (nSPS) is 11.6. The number of carboxylic acids is 1. The van der Waals surface area contributed by atoms with Crippen molar-refractivity contribution in [3.63, 3.8) is 0 Å². The average molecular weight is 460 g/mol. The Morgan fingerprint density at radius 3 is 2.42 bits per heavy atom. The molecule has 0 amide bonds. The number of primary sulfonamides is 1. The molecule has 0 aliphatic carbocycles. The third-order valence-electron chi connectivity index (χ3n) is 4.96. The molecule has 7 nitrogen and oxygen atoms in total. The molecule has 3 aromatic rings. The van der Waals surface area contributed by atoms with E-state index >= 15 is 0 Å². The highest BCUT2D eigenvalue weighted by molar-refractivity contribution is 7.98. The maximum atomic E-state index is 11.9. The van der Waals surface area contributed by atoms with E-state index in [4.69, 9.17) is 5.14 Å². The molecule has 0 aliphatic rings. The van der Waals surface area contributed by atoms with E-state index in [2.05, 4.69) is 11.9 Å². The van der Waals surface area contributed by atoms with E-state index in [0.717, 1.165) is 24.2 Å². The van der Waals surface area contributed by atoms with Crippen LogP contribution in [0.4, 0.5) is 0 Å². The lowest BCUT2D eigenvalue weighted by Gasteiger charge is -2.12. The summed E-state index contributed by atoms with van der Waals surface area (Å²) in [6, 6.07) is 13.9. The van der Waals surface area contributed by atoms with E-state index < -0.39 is 16.0 Å². The number of aryl methyl sites for hydroxylation is 1. The summed E-state index contributed by atoms with van der Waals surface area (Å²) in [5.74, 6) is -0.245. The van der Waals surface area contributed by atoms with Gasteiger partial charge in [-0.1, -0.05) is 55.8 Å². The Morgan fingerprint density at radius 2 is 1.84 bits per heavy atom. The van der Waals surface area contributed by atoms with Gasteiger partial charge in [0.15, 0.2) is 5.69 Å². The van der Waals surface area contributed by atoms with Crippen LogP contribution < -0.4 is 5.14 Å². The first-order chi connectivity index (χ1) is 14.8. The zero-order valence-corrected chi connectivity index (χ0v) is 19.0. The van der Waals surface area contributed by atoms with Crippen LogP contribution in [0.15, 0.2) is 58.5 Å². The van der Waals surface area contributed by atoms with E-state index in [1.165, 1.54) is 17.8 Å². The maximum absolute atomic E-state index is 11.9. The molecular weight excluding hydrogens is 434 g/mol. The lowest BCUT2D eigenvalue weighted by atomic mass is 10.0. The molecule has 0 spiro atoms. The monoisotopic (exact) mass is 459 g/mol. The number of unbranched alkanes of at least 4 members (excludes halogenated alkanes) is 1. The van der Waals surface area contributed by atoms with Gasteiger partial charge in [-0.3, -0.25) is 0 Å². The van der Waals surface area contributed by atoms with Crippen molar-refractivity contribution in [2.75, 3.05) is 6.26 Å². The largest absolute Gasteiger partial charge is 0.476 e. The van der Waals surface area contributed by atoms with Gasteiger partial charge in [0.05, 0.1) is 4.90 Å². The molecule has 0 radical (unpaired) electrons. The van der Waals surface area contributed by atoms with Crippen LogP contribution in [-0.4, -0.2) is 35.3 Å². The van der Waals surface area contributed by atoms with Crippen LogP contribution in [0.1, 0.15) is 41.6 Å². The van der Waals surface area contributed by atoms with Crippen molar-refractivity contribution in [1.82, 2.24) is 9.55 Å². The summed E-state index contributed by atoms with van der Waals surface area (Å²) in [7, 11) is -3.85. The van der Waals surface area contributed by atoms with Crippen molar-refractivity contribution in [1.29, 1.82) is 0 Å². The molecule has 9 heteroatoms. The molecule has 0 unspecified atom stereocenters. The SMILES string of the molecule is CCCCc1nc(SC)c(C(=O)O)n1Cc1ccc(-c2ccccc2S(N)(=O)=O)cc1. The molecule has 0 atom stereocenters. The smallest absolute Gasteiger partial charge is 0.355 e. The van der Waals surface area contributed by atoms with Gasteiger partial charge in [0.1, 0.15) is 10.9 Å². The van der Waals surface area contributed by atoms with Gasteiger partial charge in [-0.2, -0.15) is 0 Å². The number of thioether (sulfide) groups is 1. The van der Waals surface area contributed by atoms with Crippen LogP contribution in [-0.2, 0) is 23.0 Å². The number of sulfonamides is 1. The summed E-state index contributed by atoms with van der Waals surface area (Å²) in [6.45, 7) is 2.45. The van der Waals surface area contributed by atoms with Crippen LogP contribution in [0.2, 0.25) is 0 Å². The van der Waals surface area contributed by atoms with Crippen LogP contribution >= 0.6 is 11.8 Å². The zero-order chi connectivity index (χ0) is 22.6. The Hall–Kier alpha value is -2.62. The highest BCUT2D eigenvalue weighted by atomic mass is 32.2. The van der Waals surface area contributed by atoms with Crippen LogP contribution in [0.3, 0.4) is 0 Å². The number of nitrogens with zero attached hydrogens (tertiary/aromatic N) is 2. The Labute approximate surface area is 186 Å². The number of benzene rings is 2. The standard InChI is InChI=1S/C22H25N3O4S2/c1-3-4-9-19-24-21(30-2)20(22(26)27)25(19)14-15-10-12-16(13-11-15)17-7-5-6-8-18(17)31(23,28)29/h5-8,10-13H,3-4,9,14H2,1-2H3,(H,26,27)(H2,23,28,29). The van der Waals surface area contributed by atoms with E-state index in [0.29, 0.717) is 29.1 Å². The molecule has 2 aromatic carbocycles. The molecule has 31 heavy (non-hydrogen) atoms. The van der Waals surface area contributed by atoms with Gasteiger partial charge in [0.25, 0.3) is 0 Å². The Bertz CT molecular complexity index is 1190. The van der Waals surface area contributed by atoms with Crippen molar-refractivity contribution in [2.45, 2.75) is 42.7 Å². The first-order valence-electron chi connectivity index (χ1n) is 9.84. The fourth-order valence-corrected chi connectivity index (χ4v) is 4.79. The summed E-state index contributed by atoms with van der Waals surface area (Å²) in [4.78, 5) is 16.5. The number of imidazole rings is 1. The molecule has 1 aromatic heterocycles. The summed E-state index contributed by atoms with van der Waals surface area (Å²) in [5, 5.41) is 15.6. The molecule has 0 aliphatic heterocycles. The lowest BCUT2D eigenvalue weighted by Crippen LogP contribution is -2.13. The van der Waals surface area contributed by atoms with Gasteiger partial charge >= 0.3 is 5.97 Å². The highest BCUT2D eigenvalue weighted by Gasteiger charge is 2.22. The summed E-state index contributed by atoms with van der Waals surface area (Å²) < 4.78 is 25.6. The van der Waals surface area contributed by atoms with Crippen molar-refractivity contribution < 1.29 is 18.3 Å². The first-order valence-corrected chi connectivity index (χ1v) is 12.6. The maximum Gasteiger partial charge on any atom is 0.355 e. The van der Waals surface area contributed by atoms with Gasteiger partial charge < -0.3 is 9.67 Å². The Balaban J connectivity index is 1.97. The average Bonchev–Trinajstić information content (AvgIpc) is 3.09. The quantitative estimate of drug-likeness (QED) is 0.467. The predicted octanol–water partition coefficient (Wildman–Crippen LogP) is 4.01. The number of rotatable bonds is 9. The summed E-state index contributed by atoms with van der Waals surface area (Å²) >= 11 is 1.32. The van der Waals surface area contributed by atoms with Gasteiger partial charge in [-0.05, 0) is 29.9 Å². The molecule has 3 N–H and O–H groups in total. The number of carbonyl (C=O) groups is 1. The van der Waals surface area contributed by atoms with Crippen LogP contribution in [0, 0.1) is 0 Å². The van der Waals surface area contributed by atoms with E-state index in [1.807, 2.05) is 30.5 Å². The molecule has 164 valence electrons. The number of aromatic nitrogens is 2. The third kappa shape index (κ3) is 5.17. The van der Waals surface area contributed by atoms with Gasteiger partial charge in [-0.25, -0.2) is 23.3 Å². The molecule has 3 rings (SSSR count). The molecule has 0 saturated heterocycles. The second-order valence-electron chi connectivity index (χ2n) is 7.12. The fourth-order valence-electron chi connectivity index (χ4n) is 3.45. The molecular formula is C22H25N3O4S2. The highest BCUT2D eigenvalue weighted by Crippen LogP contribution is 2.28. The Morgan fingerprint density at radius 1 is 1.16 bits per heavy atom. The number of hydrogen-bond acceptors (Lipinski definition) is 5. The minimum atomic E-state index is -3.85. The number of nitrogens with two attached hydrogens (primary N) is 1. The second-order valence-corrected chi connectivity index (χ2v) is 9.44. The molecule has 0 fully saturated rings.